The molecule has 2 aliphatic heterocycles. The van der Waals surface area contributed by atoms with Crippen molar-refractivity contribution < 1.29 is 37.5 Å². The van der Waals surface area contributed by atoms with Crippen molar-refractivity contribution in [2.45, 2.75) is 82.2 Å². The minimum absolute atomic E-state index is 0.0765. The number of aryl methyl sites for hydroxylation is 1. The van der Waals surface area contributed by atoms with Crippen molar-refractivity contribution in [2.75, 3.05) is 13.7 Å². The lowest BCUT2D eigenvalue weighted by Crippen LogP contribution is -2.58. The number of aliphatic hydroxyl groups is 1. The van der Waals surface area contributed by atoms with E-state index in [1.807, 2.05) is 18.3 Å². The van der Waals surface area contributed by atoms with Gasteiger partial charge in [-0.3, -0.25) is 4.79 Å². The molecule has 3 aromatic heterocycles. The van der Waals surface area contributed by atoms with Gasteiger partial charge in [0, 0.05) is 37.0 Å². The van der Waals surface area contributed by atoms with Crippen molar-refractivity contribution in [1.82, 2.24) is 0 Å². The maximum atomic E-state index is 13.4. The predicted octanol–water partition coefficient (Wildman–Crippen LogP) is 4.94. The second-order valence-electron chi connectivity index (χ2n) is 10.6. The number of rotatable bonds is 11. The molecule has 2 bridgehead atoms. The van der Waals surface area contributed by atoms with Gasteiger partial charge in [-0.25, -0.2) is 4.79 Å². The van der Waals surface area contributed by atoms with Crippen LogP contribution in [0.4, 0.5) is 0 Å². The number of thiophene rings is 1. The summed E-state index contributed by atoms with van der Waals surface area (Å²) in [5, 5.41) is 11.4. The van der Waals surface area contributed by atoms with Gasteiger partial charge >= 0.3 is 11.9 Å². The summed E-state index contributed by atoms with van der Waals surface area (Å²) < 4.78 is 22.7. The normalized spacial score (nSPS) is 24.9. The van der Waals surface area contributed by atoms with Gasteiger partial charge < -0.3 is 27.9 Å². The fourth-order valence-corrected chi connectivity index (χ4v) is 7.39. The Bertz CT molecular complexity index is 1170. The zero-order valence-electron chi connectivity index (χ0n) is 22.0. The third kappa shape index (κ3) is 5.19. The summed E-state index contributed by atoms with van der Waals surface area (Å²) in [5.41, 5.74) is -2.12. The second kappa shape index (κ2) is 11.1. The number of quaternary nitrogens is 1. The van der Waals surface area contributed by atoms with E-state index in [9.17, 15) is 14.7 Å². The van der Waals surface area contributed by atoms with Gasteiger partial charge in [0.05, 0.1) is 43.1 Å². The molecular weight excluding hydrogens is 506 g/mol. The minimum Gasteiger partial charge on any atom is -0.466 e. The number of esters is 2. The Labute approximate surface area is 226 Å². The van der Waals surface area contributed by atoms with Crippen LogP contribution in [0, 0.1) is 0 Å². The van der Waals surface area contributed by atoms with E-state index in [0.717, 1.165) is 49.6 Å². The summed E-state index contributed by atoms with van der Waals surface area (Å²) in [4.78, 5) is 27.6. The smallest absolute Gasteiger partial charge is 0.354 e. The highest BCUT2D eigenvalue weighted by Gasteiger charge is 2.54. The molecule has 204 valence electrons. The summed E-state index contributed by atoms with van der Waals surface area (Å²) in [6.07, 6.45) is 8.37. The van der Waals surface area contributed by atoms with Crippen LogP contribution in [-0.4, -0.2) is 53.4 Å². The molecule has 0 saturated carbocycles. The molecule has 0 aromatic carbocycles. The number of fused-ring (bicyclic) bond motifs is 2. The number of ether oxygens (including phenoxy) is 2. The molecule has 2 saturated heterocycles. The average Bonchev–Trinajstić information content (AvgIpc) is 3.69. The third-order valence-corrected chi connectivity index (χ3v) is 9.35. The number of hydrogen-bond donors (Lipinski definition) is 1. The van der Waals surface area contributed by atoms with Crippen LogP contribution in [0.1, 0.15) is 66.7 Å². The number of carbonyl (C=O) groups excluding carboxylic acids is 2. The number of carbonyl (C=O) groups is 2. The lowest BCUT2D eigenvalue weighted by molar-refractivity contribution is -0.961. The van der Waals surface area contributed by atoms with Gasteiger partial charge in [-0.15, -0.1) is 11.3 Å². The van der Waals surface area contributed by atoms with Gasteiger partial charge in [0.2, 0.25) is 0 Å². The van der Waals surface area contributed by atoms with Gasteiger partial charge in [-0.05, 0) is 56.2 Å². The third-order valence-electron chi connectivity index (χ3n) is 8.22. The molecule has 5 heterocycles. The molecule has 0 spiro atoms. The molecule has 2 aliphatic rings. The van der Waals surface area contributed by atoms with Crippen molar-refractivity contribution in [1.29, 1.82) is 0 Å². The van der Waals surface area contributed by atoms with Crippen molar-refractivity contribution in [2.24, 2.45) is 0 Å². The highest BCUT2D eigenvalue weighted by Crippen LogP contribution is 2.45. The minimum atomic E-state index is -2.12. The molecule has 2 fully saturated rings. The Balaban J connectivity index is 1.21. The molecule has 38 heavy (non-hydrogen) atoms. The summed E-state index contributed by atoms with van der Waals surface area (Å²) in [7, 11) is 2.32. The zero-order chi connectivity index (χ0) is 26.8. The maximum Gasteiger partial charge on any atom is 0.354 e. The fraction of sp³-hybridized carbons (Fsp3) is 0.517. The summed E-state index contributed by atoms with van der Waals surface area (Å²) in [5.74, 6) is -0.747. The van der Waals surface area contributed by atoms with Gasteiger partial charge in [0.25, 0.3) is 5.60 Å². The molecule has 0 amide bonds. The standard InChI is InChI=1S/C29H36NO7S/c1-3-34-27(31)10-4-7-23-13-14-24(38-23)19-30(2)20-11-12-21(30)18-22(17-20)37-28(32)29(33,25-8-5-15-35-25)26-9-6-16-36-26/h5-6,8-9,13-16,20-22,33H,3-4,7,10-12,17-19H2,1-2H3/q+1/t20-,21+,22?,30?. The van der Waals surface area contributed by atoms with Crippen LogP contribution in [0.2, 0.25) is 0 Å². The van der Waals surface area contributed by atoms with Gasteiger partial charge in [-0.2, -0.15) is 0 Å². The molecule has 4 atom stereocenters. The topological polar surface area (TPSA) is 99.1 Å². The van der Waals surface area contributed by atoms with Crippen molar-refractivity contribution in [3.63, 3.8) is 0 Å². The Morgan fingerprint density at radius 3 is 2.26 bits per heavy atom. The number of furan rings is 2. The SMILES string of the molecule is CCOC(=O)CCCc1ccc(C[N+]2(C)[C@@H]3CC[C@H]2CC(OC(=O)C(O)(c2ccco2)c2ccco2)C3)s1. The van der Waals surface area contributed by atoms with Crippen molar-refractivity contribution >= 4 is 23.3 Å². The Hall–Kier alpha value is -2.88. The first-order chi connectivity index (χ1) is 18.3. The summed E-state index contributed by atoms with van der Waals surface area (Å²) in [6.45, 7) is 3.20. The largest absolute Gasteiger partial charge is 0.466 e. The van der Waals surface area contributed by atoms with Crippen LogP contribution in [-0.2, 0) is 37.6 Å². The number of piperidine rings is 1. The molecule has 8 nitrogen and oxygen atoms in total. The van der Waals surface area contributed by atoms with Crippen molar-refractivity contribution in [3.8, 4) is 0 Å². The van der Waals surface area contributed by atoms with E-state index in [-0.39, 0.29) is 23.6 Å². The first-order valence-corrected chi connectivity index (χ1v) is 14.2. The van der Waals surface area contributed by atoms with Crippen molar-refractivity contribution in [3.05, 3.63) is 70.2 Å². The molecule has 1 N–H and O–H groups in total. The molecule has 3 aromatic rings. The van der Waals surface area contributed by atoms with Gasteiger partial charge in [-0.1, -0.05) is 0 Å². The highest BCUT2D eigenvalue weighted by molar-refractivity contribution is 7.11. The monoisotopic (exact) mass is 542 g/mol. The molecule has 0 radical (unpaired) electrons. The molecule has 5 rings (SSSR count). The lowest BCUT2D eigenvalue weighted by atomic mass is 9.94. The lowest BCUT2D eigenvalue weighted by Gasteiger charge is -2.46. The predicted molar refractivity (Wildman–Crippen MR) is 140 cm³/mol. The van der Waals surface area contributed by atoms with E-state index in [4.69, 9.17) is 18.3 Å². The van der Waals surface area contributed by atoms with E-state index in [2.05, 4.69) is 19.2 Å². The quantitative estimate of drug-likeness (QED) is 0.271. The van der Waals surface area contributed by atoms with Crippen LogP contribution in [0.5, 0.6) is 0 Å². The van der Waals surface area contributed by atoms with Crippen LogP contribution >= 0.6 is 11.3 Å². The Morgan fingerprint density at radius 2 is 1.68 bits per heavy atom. The van der Waals surface area contributed by atoms with E-state index in [1.54, 1.807) is 24.3 Å². The van der Waals surface area contributed by atoms with Crippen LogP contribution in [0.3, 0.4) is 0 Å². The molecular formula is C29H36NO7S+. The zero-order valence-corrected chi connectivity index (χ0v) is 22.8. The molecule has 9 heteroatoms. The average molecular weight is 543 g/mol. The van der Waals surface area contributed by atoms with E-state index >= 15 is 0 Å². The van der Waals surface area contributed by atoms with Gasteiger partial charge in [0.15, 0.2) is 11.5 Å². The van der Waals surface area contributed by atoms with Crippen LogP contribution in [0.15, 0.2) is 57.8 Å². The Morgan fingerprint density at radius 1 is 1.05 bits per heavy atom. The van der Waals surface area contributed by atoms with E-state index in [0.29, 0.717) is 25.1 Å². The van der Waals surface area contributed by atoms with Crippen LogP contribution in [0.25, 0.3) is 0 Å². The Kier molecular flexibility index (Phi) is 7.79. The fourth-order valence-electron chi connectivity index (χ4n) is 6.19. The maximum absolute atomic E-state index is 13.4. The summed E-state index contributed by atoms with van der Waals surface area (Å²) >= 11 is 1.83. The molecule has 0 aliphatic carbocycles. The number of hydrogen-bond acceptors (Lipinski definition) is 8. The second-order valence-corrected chi connectivity index (χ2v) is 11.8. The van der Waals surface area contributed by atoms with Gasteiger partial charge in [0.1, 0.15) is 12.6 Å². The van der Waals surface area contributed by atoms with E-state index < -0.39 is 11.6 Å². The first-order valence-electron chi connectivity index (χ1n) is 13.4. The van der Waals surface area contributed by atoms with Crippen LogP contribution < -0.4 is 0 Å². The molecule has 2 unspecified atom stereocenters. The summed E-state index contributed by atoms with van der Waals surface area (Å²) in [6, 6.07) is 11.5. The van der Waals surface area contributed by atoms with E-state index in [1.165, 1.54) is 22.3 Å². The number of nitrogens with zero attached hydrogens (tertiary/aromatic N) is 1. The first kappa shape index (κ1) is 26.7. The highest BCUT2D eigenvalue weighted by atomic mass is 32.1.